The lowest BCUT2D eigenvalue weighted by molar-refractivity contribution is 0.0451. The van der Waals surface area contributed by atoms with Crippen molar-refractivity contribution in [2.24, 2.45) is 5.41 Å². The van der Waals surface area contributed by atoms with Gasteiger partial charge < -0.3 is 14.7 Å². The summed E-state index contributed by atoms with van der Waals surface area (Å²) in [6, 6.07) is 16.6. The number of alkyl halides is 1. The van der Waals surface area contributed by atoms with Crippen molar-refractivity contribution in [2.75, 3.05) is 32.2 Å². The number of aliphatic hydroxyl groups is 1. The summed E-state index contributed by atoms with van der Waals surface area (Å²) in [5.74, 6) is 0.493. The van der Waals surface area contributed by atoms with Crippen LogP contribution in [-0.4, -0.2) is 48.3 Å². The first-order chi connectivity index (χ1) is 13.2. The molecule has 0 bridgehead atoms. The Morgan fingerprint density at radius 2 is 1.63 bits per heavy atom. The van der Waals surface area contributed by atoms with E-state index < -0.39 is 0 Å². The molecule has 1 heterocycles. The van der Waals surface area contributed by atoms with Crippen LogP contribution >= 0.6 is 11.6 Å². The summed E-state index contributed by atoms with van der Waals surface area (Å²) in [5, 5.41) is 9.58. The number of hydrogen-bond acceptors (Lipinski definition) is 3. The predicted molar refractivity (Wildman–Crippen MR) is 106 cm³/mol. The fourth-order valence-electron chi connectivity index (χ4n) is 4.18. The molecule has 4 nitrogen and oxygen atoms in total. The maximum atomic E-state index is 12.6. The number of likely N-dealkylation sites (tertiary alicyclic amines) is 1. The average Bonchev–Trinajstić information content (AvgIpc) is 3.06. The molecule has 142 valence electrons. The smallest absolute Gasteiger partial charge is 0.409 e. The molecule has 1 aliphatic heterocycles. The van der Waals surface area contributed by atoms with Gasteiger partial charge in [0.1, 0.15) is 6.61 Å². The third-order valence-corrected chi connectivity index (χ3v) is 6.60. The van der Waals surface area contributed by atoms with Crippen LogP contribution in [0.15, 0.2) is 48.5 Å². The van der Waals surface area contributed by atoms with E-state index in [1.165, 1.54) is 22.3 Å². The number of benzene rings is 2. The molecule has 0 atom stereocenters. The fraction of sp³-hybridized carbons (Fsp3) is 0.409. The van der Waals surface area contributed by atoms with Crippen molar-refractivity contribution >= 4 is 17.7 Å². The SMILES string of the molecule is O=C(OCC1c2ccccc2-c2ccccc21)N1CCC(CO)(CCl)CC1. The van der Waals surface area contributed by atoms with Crippen molar-refractivity contribution < 1.29 is 14.6 Å². The first-order valence-corrected chi connectivity index (χ1v) is 9.98. The number of rotatable bonds is 4. The van der Waals surface area contributed by atoms with Crippen LogP contribution in [0.25, 0.3) is 11.1 Å². The van der Waals surface area contributed by atoms with Gasteiger partial charge in [-0.05, 0) is 35.1 Å². The number of halogens is 1. The Morgan fingerprint density at radius 3 is 2.15 bits per heavy atom. The number of carbonyl (C=O) groups is 1. The van der Waals surface area contributed by atoms with Crippen LogP contribution < -0.4 is 0 Å². The average molecular weight is 386 g/mol. The van der Waals surface area contributed by atoms with Gasteiger partial charge in [0.2, 0.25) is 0 Å². The van der Waals surface area contributed by atoms with Crippen LogP contribution in [0.3, 0.4) is 0 Å². The van der Waals surface area contributed by atoms with Gasteiger partial charge >= 0.3 is 6.09 Å². The summed E-state index contributed by atoms with van der Waals surface area (Å²) < 4.78 is 5.71. The predicted octanol–water partition coefficient (Wildman–Crippen LogP) is 4.25. The van der Waals surface area contributed by atoms with Crippen molar-refractivity contribution in [1.29, 1.82) is 0 Å². The third kappa shape index (κ3) is 3.32. The first-order valence-electron chi connectivity index (χ1n) is 9.44. The second-order valence-corrected chi connectivity index (χ2v) is 7.85. The number of hydrogen-bond donors (Lipinski definition) is 1. The number of amides is 1. The van der Waals surface area contributed by atoms with Crippen molar-refractivity contribution in [2.45, 2.75) is 18.8 Å². The molecule has 27 heavy (non-hydrogen) atoms. The topological polar surface area (TPSA) is 49.8 Å². The lowest BCUT2D eigenvalue weighted by atomic mass is 9.81. The van der Waals surface area contributed by atoms with E-state index in [4.69, 9.17) is 16.3 Å². The number of aliphatic hydroxyl groups excluding tert-OH is 1. The molecule has 1 saturated heterocycles. The summed E-state index contributed by atoms with van der Waals surface area (Å²) >= 11 is 6.01. The highest BCUT2D eigenvalue weighted by Crippen LogP contribution is 2.44. The number of ether oxygens (including phenoxy) is 1. The largest absolute Gasteiger partial charge is 0.448 e. The molecule has 1 N–H and O–H groups in total. The molecule has 4 rings (SSSR count). The van der Waals surface area contributed by atoms with E-state index in [-0.39, 0.29) is 24.0 Å². The molecule has 1 aliphatic carbocycles. The Bertz CT molecular complexity index is 778. The zero-order chi connectivity index (χ0) is 18.9. The van der Waals surface area contributed by atoms with E-state index in [1.54, 1.807) is 4.90 Å². The molecule has 0 saturated carbocycles. The van der Waals surface area contributed by atoms with Crippen molar-refractivity contribution in [3.05, 3.63) is 59.7 Å². The third-order valence-electron chi connectivity index (χ3n) is 6.04. The van der Waals surface area contributed by atoms with E-state index in [1.807, 2.05) is 24.3 Å². The van der Waals surface area contributed by atoms with E-state index in [9.17, 15) is 9.90 Å². The highest BCUT2D eigenvalue weighted by atomic mass is 35.5. The molecular weight excluding hydrogens is 362 g/mol. The number of fused-ring (bicyclic) bond motifs is 3. The van der Waals surface area contributed by atoms with Crippen LogP contribution in [0.2, 0.25) is 0 Å². The molecule has 0 unspecified atom stereocenters. The van der Waals surface area contributed by atoms with Crippen molar-refractivity contribution in [3.8, 4) is 11.1 Å². The lowest BCUT2D eigenvalue weighted by Crippen LogP contribution is -2.45. The summed E-state index contributed by atoms with van der Waals surface area (Å²) in [4.78, 5) is 14.3. The molecule has 2 aliphatic rings. The Labute approximate surface area is 164 Å². The van der Waals surface area contributed by atoms with Gasteiger partial charge in [0, 0.05) is 36.9 Å². The van der Waals surface area contributed by atoms with Gasteiger partial charge in [-0.2, -0.15) is 0 Å². The minimum atomic E-state index is -0.280. The Hall–Kier alpha value is -2.04. The second-order valence-electron chi connectivity index (χ2n) is 7.58. The van der Waals surface area contributed by atoms with Gasteiger partial charge in [0.05, 0.1) is 0 Å². The van der Waals surface area contributed by atoms with E-state index >= 15 is 0 Å². The van der Waals surface area contributed by atoms with Crippen LogP contribution in [0.4, 0.5) is 4.79 Å². The zero-order valence-corrected chi connectivity index (χ0v) is 16.0. The molecular formula is C22H24ClNO3. The quantitative estimate of drug-likeness (QED) is 0.800. The Kier molecular flexibility index (Phi) is 5.11. The molecule has 2 aromatic carbocycles. The molecule has 5 heteroatoms. The van der Waals surface area contributed by atoms with Gasteiger partial charge in [-0.1, -0.05) is 48.5 Å². The number of carbonyl (C=O) groups excluding carboxylic acids is 1. The van der Waals surface area contributed by atoms with Gasteiger partial charge in [-0.3, -0.25) is 0 Å². The van der Waals surface area contributed by atoms with Crippen LogP contribution in [0.1, 0.15) is 29.9 Å². The van der Waals surface area contributed by atoms with E-state index in [0.29, 0.717) is 38.4 Å². The molecule has 0 spiro atoms. The fourth-order valence-corrected chi connectivity index (χ4v) is 4.53. The van der Waals surface area contributed by atoms with Gasteiger partial charge in [0.15, 0.2) is 0 Å². The summed E-state index contributed by atoms with van der Waals surface area (Å²) in [6.45, 7) is 1.55. The molecule has 0 aromatic heterocycles. The summed E-state index contributed by atoms with van der Waals surface area (Å²) in [6.07, 6.45) is 1.13. The molecule has 1 amide bonds. The first kappa shape index (κ1) is 18.3. The maximum absolute atomic E-state index is 12.6. The highest BCUT2D eigenvalue weighted by molar-refractivity contribution is 6.18. The van der Waals surface area contributed by atoms with Crippen LogP contribution in [-0.2, 0) is 4.74 Å². The Morgan fingerprint density at radius 1 is 1.07 bits per heavy atom. The monoisotopic (exact) mass is 385 g/mol. The summed E-state index contributed by atoms with van der Waals surface area (Å²) in [5.41, 5.74) is 4.61. The second kappa shape index (κ2) is 7.53. The highest BCUT2D eigenvalue weighted by Gasteiger charge is 2.36. The van der Waals surface area contributed by atoms with Crippen LogP contribution in [0, 0.1) is 5.41 Å². The van der Waals surface area contributed by atoms with Crippen molar-refractivity contribution in [3.63, 3.8) is 0 Å². The van der Waals surface area contributed by atoms with Gasteiger partial charge in [-0.25, -0.2) is 4.79 Å². The number of piperidine rings is 1. The van der Waals surface area contributed by atoms with Crippen molar-refractivity contribution in [1.82, 2.24) is 4.90 Å². The minimum absolute atomic E-state index is 0.0645. The molecule has 2 aromatic rings. The van der Waals surface area contributed by atoms with E-state index in [0.717, 1.165) is 0 Å². The normalized spacial score (nSPS) is 18.1. The maximum Gasteiger partial charge on any atom is 0.409 e. The molecule has 1 fully saturated rings. The standard InChI is InChI=1S/C22H24ClNO3/c23-14-22(15-25)9-11-24(12-10-22)21(26)27-13-20-18-7-3-1-5-16(18)17-6-2-4-8-19(17)20/h1-8,20,25H,9-15H2. The van der Waals surface area contributed by atoms with Gasteiger partial charge in [-0.15, -0.1) is 11.6 Å². The van der Waals surface area contributed by atoms with Gasteiger partial charge in [0.25, 0.3) is 0 Å². The zero-order valence-electron chi connectivity index (χ0n) is 15.2. The summed E-state index contributed by atoms with van der Waals surface area (Å²) in [7, 11) is 0. The number of nitrogens with zero attached hydrogens (tertiary/aromatic N) is 1. The van der Waals surface area contributed by atoms with Crippen LogP contribution in [0.5, 0.6) is 0 Å². The lowest BCUT2D eigenvalue weighted by Gasteiger charge is -2.39. The van der Waals surface area contributed by atoms with E-state index in [2.05, 4.69) is 24.3 Å². The molecule has 0 radical (unpaired) electrons. The Balaban J connectivity index is 1.43. The minimum Gasteiger partial charge on any atom is -0.448 e.